The van der Waals surface area contributed by atoms with E-state index >= 15 is 0 Å². The van der Waals surface area contributed by atoms with E-state index in [9.17, 15) is 4.91 Å². The lowest BCUT2D eigenvalue weighted by atomic mass is 9.95. The number of nitrogens with zero attached hydrogens (tertiary/aromatic N) is 2. The number of oxazole rings is 1. The number of aromatic nitrogens is 1. The summed E-state index contributed by atoms with van der Waals surface area (Å²) in [5.41, 5.74) is 4.14. The summed E-state index contributed by atoms with van der Waals surface area (Å²) >= 11 is 0. The Morgan fingerprint density at radius 3 is 2.62 bits per heavy atom. The van der Waals surface area contributed by atoms with E-state index in [1.807, 2.05) is 38.1 Å². The monoisotopic (exact) mass is 464 g/mol. The third kappa shape index (κ3) is 6.10. The van der Waals surface area contributed by atoms with Crippen LogP contribution in [0.3, 0.4) is 0 Å². The highest BCUT2D eigenvalue weighted by Crippen LogP contribution is 2.31. The highest BCUT2D eigenvalue weighted by Gasteiger charge is 2.24. The second-order valence-corrected chi connectivity index (χ2v) is 8.85. The van der Waals surface area contributed by atoms with Crippen LogP contribution in [-0.2, 0) is 16.1 Å². The highest BCUT2D eigenvalue weighted by molar-refractivity contribution is 5.57. The molecule has 180 valence electrons. The fraction of sp³-hybridized carbons (Fsp3) is 0.444. The lowest BCUT2D eigenvalue weighted by Gasteiger charge is -2.29. The molecule has 1 fully saturated rings. The van der Waals surface area contributed by atoms with E-state index < -0.39 is 0 Å². The van der Waals surface area contributed by atoms with E-state index in [0.717, 1.165) is 48.3 Å². The minimum Gasteiger partial charge on any atom is -0.489 e. The Bertz CT molecular complexity index is 1110. The first-order valence-electron chi connectivity index (χ1n) is 11.9. The summed E-state index contributed by atoms with van der Waals surface area (Å²) in [6, 6.07) is 13.6. The molecule has 7 heteroatoms. The number of hydrogen-bond donors (Lipinski definition) is 0. The van der Waals surface area contributed by atoms with Crippen LogP contribution in [0.1, 0.15) is 48.3 Å². The molecule has 0 aliphatic heterocycles. The van der Waals surface area contributed by atoms with Gasteiger partial charge in [0.15, 0.2) is 5.69 Å². The maximum absolute atomic E-state index is 11.1. The maximum atomic E-state index is 11.1. The van der Waals surface area contributed by atoms with Crippen molar-refractivity contribution in [2.75, 3.05) is 13.2 Å². The van der Waals surface area contributed by atoms with Crippen molar-refractivity contribution >= 4 is 5.69 Å². The Kier molecular flexibility index (Phi) is 8.08. The van der Waals surface area contributed by atoms with Crippen LogP contribution in [0.4, 0.5) is 5.69 Å². The number of hydrogen-bond acceptors (Lipinski definition) is 7. The molecule has 34 heavy (non-hydrogen) atoms. The predicted octanol–water partition coefficient (Wildman–Crippen LogP) is 6.59. The van der Waals surface area contributed by atoms with Gasteiger partial charge in [-0.2, -0.15) is 0 Å². The molecule has 0 saturated heterocycles. The van der Waals surface area contributed by atoms with Crippen molar-refractivity contribution in [2.45, 2.75) is 65.3 Å². The maximum Gasteiger partial charge on any atom is 0.226 e. The van der Waals surface area contributed by atoms with Gasteiger partial charge >= 0.3 is 0 Å². The smallest absolute Gasteiger partial charge is 0.226 e. The lowest BCUT2D eigenvalue weighted by molar-refractivity contribution is -0.0555. The number of benzene rings is 2. The van der Waals surface area contributed by atoms with Gasteiger partial charge in [0.25, 0.3) is 0 Å². The van der Waals surface area contributed by atoms with Gasteiger partial charge in [-0.1, -0.05) is 29.8 Å². The van der Waals surface area contributed by atoms with Crippen LogP contribution in [0.15, 0.2) is 52.1 Å². The van der Waals surface area contributed by atoms with Gasteiger partial charge in [-0.3, -0.25) is 0 Å². The second-order valence-electron chi connectivity index (χ2n) is 8.85. The molecule has 2 aromatic carbocycles. The first-order chi connectivity index (χ1) is 16.5. The molecule has 3 aromatic rings. The Morgan fingerprint density at radius 2 is 1.82 bits per heavy atom. The molecule has 4 rings (SSSR count). The third-order valence-corrected chi connectivity index (χ3v) is 6.18. The number of rotatable bonds is 10. The van der Waals surface area contributed by atoms with Crippen molar-refractivity contribution in [3.8, 4) is 17.2 Å². The molecule has 0 N–H and O–H groups in total. The van der Waals surface area contributed by atoms with Gasteiger partial charge in [-0.05, 0) is 75.4 Å². The highest BCUT2D eigenvalue weighted by atomic mass is 16.5. The van der Waals surface area contributed by atoms with E-state index in [2.05, 4.69) is 29.2 Å². The van der Waals surface area contributed by atoms with E-state index in [0.29, 0.717) is 37.1 Å². The molecule has 1 aliphatic carbocycles. The van der Waals surface area contributed by atoms with Crippen LogP contribution in [0, 0.1) is 25.7 Å². The molecular formula is C27H32N2O5. The van der Waals surface area contributed by atoms with Gasteiger partial charge in [-0.25, -0.2) is 4.98 Å². The molecule has 0 spiro atoms. The summed E-state index contributed by atoms with van der Waals surface area (Å²) in [6.45, 7) is 7.07. The topological polar surface area (TPSA) is 83.1 Å². The normalized spacial score (nSPS) is 18.1. The van der Waals surface area contributed by atoms with Gasteiger partial charge in [0, 0.05) is 5.56 Å². The van der Waals surface area contributed by atoms with E-state index in [4.69, 9.17) is 18.6 Å². The molecule has 1 aliphatic rings. The summed E-state index contributed by atoms with van der Waals surface area (Å²) < 4.78 is 23.8. The quantitative estimate of drug-likeness (QED) is 0.249. The largest absolute Gasteiger partial charge is 0.489 e. The van der Waals surface area contributed by atoms with E-state index in [1.165, 1.54) is 5.56 Å². The van der Waals surface area contributed by atoms with Gasteiger partial charge in [0.2, 0.25) is 5.89 Å². The van der Waals surface area contributed by atoms with Crippen LogP contribution in [-0.4, -0.2) is 30.4 Å². The summed E-state index contributed by atoms with van der Waals surface area (Å²) in [7, 11) is 0. The zero-order valence-electron chi connectivity index (χ0n) is 20.1. The Balaban J connectivity index is 1.23. The van der Waals surface area contributed by atoms with Crippen LogP contribution in [0.25, 0.3) is 11.5 Å². The van der Waals surface area contributed by atoms with E-state index in [1.54, 1.807) is 6.07 Å². The Hall–Kier alpha value is -3.03. The number of ether oxygens (including phenoxy) is 3. The average molecular weight is 465 g/mol. The Labute approximate surface area is 200 Å². The van der Waals surface area contributed by atoms with Crippen LogP contribution in [0.5, 0.6) is 5.75 Å². The van der Waals surface area contributed by atoms with Crippen LogP contribution >= 0.6 is 0 Å². The summed E-state index contributed by atoms with van der Waals surface area (Å²) in [6.07, 6.45) is 4.17. The SMILES string of the molecule is Cc1cccc(-c2nc(CO[C@H]3CCC[C@@H](OCCOc4cccc(C)c4N=O)C3)c(C)o2)c1. The second kappa shape index (κ2) is 11.4. The van der Waals surface area contributed by atoms with E-state index in [-0.39, 0.29) is 12.2 Å². The summed E-state index contributed by atoms with van der Waals surface area (Å²) in [5.74, 6) is 1.92. The average Bonchev–Trinajstić information content (AvgIpc) is 3.21. The van der Waals surface area contributed by atoms with Gasteiger partial charge in [0.1, 0.15) is 23.8 Å². The predicted molar refractivity (Wildman–Crippen MR) is 130 cm³/mol. The van der Waals surface area contributed by atoms with Gasteiger partial charge in [-0.15, -0.1) is 4.91 Å². The zero-order valence-corrected chi connectivity index (χ0v) is 20.1. The molecule has 1 heterocycles. The van der Waals surface area contributed by atoms with Crippen molar-refractivity contribution in [3.05, 3.63) is 70.0 Å². The molecule has 1 saturated carbocycles. The van der Waals surface area contributed by atoms with Crippen molar-refractivity contribution in [1.82, 2.24) is 4.98 Å². The molecule has 0 radical (unpaired) electrons. The van der Waals surface area contributed by atoms with Gasteiger partial charge in [0.05, 0.1) is 25.4 Å². The molecule has 0 unspecified atom stereocenters. The molecule has 0 amide bonds. The Morgan fingerprint density at radius 1 is 1.03 bits per heavy atom. The molecule has 1 aromatic heterocycles. The molecular weight excluding hydrogens is 432 g/mol. The summed E-state index contributed by atoms with van der Waals surface area (Å²) in [4.78, 5) is 15.7. The van der Waals surface area contributed by atoms with Crippen molar-refractivity contribution < 1.29 is 18.6 Å². The first-order valence-corrected chi connectivity index (χ1v) is 11.9. The van der Waals surface area contributed by atoms with Crippen LogP contribution < -0.4 is 4.74 Å². The summed E-state index contributed by atoms with van der Waals surface area (Å²) in [5, 5.41) is 3.08. The molecule has 2 atom stereocenters. The molecule has 0 bridgehead atoms. The first kappa shape index (κ1) is 24.1. The number of nitroso groups, excluding NO2 is 1. The lowest BCUT2D eigenvalue weighted by Crippen LogP contribution is -2.29. The number of aryl methyl sites for hydroxylation is 3. The molecule has 7 nitrogen and oxygen atoms in total. The van der Waals surface area contributed by atoms with Gasteiger partial charge < -0.3 is 18.6 Å². The minimum absolute atomic E-state index is 0.126. The van der Waals surface area contributed by atoms with Crippen molar-refractivity contribution in [1.29, 1.82) is 0 Å². The zero-order chi connectivity index (χ0) is 23.9. The standard InChI is InChI=1S/C27H32N2O5/c1-18-7-4-9-21(15-18)27-28-24(20(3)34-27)17-33-23-11-6-10-22(16-23)31-13-14-32-25-12-5-8-19(2)26(25)29-30/h4-5,7-9,12,15,22-23H,6,10-11,13-14,16-17H2,1-3H3/t22-,23+/m1/s1. The fourth-order valence-electron chi connectivity index (χ4n) is 4.30. The third-order valence-electron chi connectivity index (χ3n) is 6.18. The minimum atomic E-state index is 0.126. The van der Waals surface area contributed by atoms with Crippen molar-refractivity contribution in [3.63, 3.8) is 0 Å². The fourth-order valence-corrected chi connectivity index (χ4v) is 4.30. The van der Waals surface area contributed by atoms with Crippen LogP contribution in [0.2, 0.25) is 0 Å². The van der Waals surface area contributed by atoms with Crippen molar-refractivity contribution in [2.24, 2.45) is 5.18 Å².